The van der Waals surface area contributed by atoms with E-state index >= 15 is 0 Å². The maximum absolute atomic E-state index is 12.6. The summed E-state index contributed by atoms with van der Waals surface area (Å²) in [6.07, 6.45) is 6.06. The van der Waals surface area contributed by atoms with Crippen molar-refractivity contribution in [1.82, 2.24) is 15.1 Å². The second-order valence-corrected chi connectivity index (χ2v) is 7.39. The SMILES string of the molecule is Cc1ccc2oc(=O)c3cnn(CC(=O)N[C@@H]4CCCC[C@@H]4C)c3c2c1. The molecule has 1 N–H and O–H groups in total. The van der Waals surface area contributed by atoms with Crippen molar-refractivity contribution in [3.05, 3.63) is 40.4 Å². The fraction of sp³-hybridized carbons (Fsp3) is 0.450. The Morgan fingerprint density at radius 1 is 1.31 bits per heavy atom. The van der Waals surface area contributed by atoms with Crippen LogP contribution in [0.4, 0.5) is 0 Å². The standard InChI is InChI=1S/C20H23N3O3/c1-12-7-8-17-14(9-12)19-15(20(25)26-17)10-21-23(19)11-18(24)22-16-6-4-3-5-13(16)2/h7-10,13,16H,3-6,11H2,1-2H3,(H,22,24)/t13-,16+/m0/s1. The Bertz CT molecular complexity index is 1030. The molecule has 6 heteroatoms. The van der Waals surface area contributed by atoms with Crippen LogP contribution >= 0.6 is 0 Å². The van der Waals surface area contributed by atoms with Gasteiger partial charge in [0.25, 0.3) is 0 Å². The average Bonchev–Trinajstić information content (AvgIpc) is 3.02. The molecule has 1 fully saturated rings. The van der Waals surface area contributed by atoms with E-state index in [1.54, 1.807) is 10.7 Å². The normalized spacial score (nSPS) is 20.5. The number of fused-ring (bicyclic) bond motifs is 3. The fourth-order valence-electron chi connectivity index (χ4n) is 3.93. The lowest BCUT2D eigenvalue weighted by molar-refractivity contribution is -0.123. The Labute approximate surface area is 151 Å². The zero-order valence-electron chi connectivity index (χ0n) is 15.1. The highest BCUT2D eigenvalue weighted by Gasteiger charge is 2.23. The Kier molecular flexibility index (Phi) is 4.26. The minimum atomic E-state index is -0.427. The van der Waals surface area contributed by atoms with Crippen LogP contribution in [0.2, 0.25) is 0 Å². The van der Waals surface area contributed by atoms with Crippen LogP contribution in [0.5, 0.6) is 0 Å². The number of hydrogen-bond acceptors (Lipinski definition) is 4. The Morgan fingerprint density at radius 2 is 2.12 bits per heavy atom. The summed E-state index contributed by atoms with van der Waals surface area (Å²) in [5.41, 5.74) is 1.80. The van der Waals surface area contributed by atoms with Gasteiger partial charge in [0.05, 0.1) is 11.7 Å². The summed E-state index contributed by atoms with van der Waals surface area (Å²) < 4.78 is 6.98. The lowest BCUT2D eigenvalue weighted by atomic mass is 9.86. The number of benzene rings is 1. The first-order valence-corrected chi connectivity index (χ1v) is 9.21. The number of carbonyl (C=O) groups is 1. The summed E-state index contributed by atoms with van der Waals surface area (Å²) in [4.78, 5) is 24.8. The molecule has 1 amide bonds. The van der Waals surface area contributed by atoms with E-state index in [-0.39, 0.29) is 18.5 Å². The quantitative estimate of drug-likeness (QED) is 0.734. The van der Waals surface area contributed by atoms with Crippen molar-refractivity contribution >= 4 is 27.8 Å². The van der Waals surface area contributed by atoms with Crippen LogP contribution < -0.4 is 10.9 Å². The van der Waals surface area contributed by atoms with Crippen LogP contribution in [0.1, 0.15) is 38.2 Å². The first-order chi connectivity index (χ1) is 12.5. The van der Waals surface area contributed by atoms with Gasteiger partial charge in [0.2, 0.25) is 5.91 Å². The molecule has 0 spiro atoms. The van der Waals surface area contributed by atoms with Crippen molar-refractivity contribution in [3.63, 3.8) is 0 Å². The molecule has 26 heavy (non-hydrogen) atoms. The molecule has 2 aromatic heterocycles. The highest BCUT2D eigenvalue weighted by Crippen LogP contribution is 2.25. The molecule has 0 bridgehead atoms. The van der Waals surface area contributed by atoms with Crippen LogP contribution in [0, 0.1) is 12.8 Å². The topological polar surface area (TPSA) is 77.1 Å². The van der Waals surface area contributed by atoms with E-state index in [1.807, 2.05) is 19.1 Å². The van der Waals surface area contributed by atoms with Gasteiger partial charge in [0, 0.05) is 11.4 Å². The van der Waals surface area contributed by atoms with E-state index in [4.69, 9.17) is 4.42 Å². The smallest absolute Gasteiger partial charge is 0.347 e. The van der Waals surface area contributed by atoms with Gasteiger partial charge in [-0.1, -0.05) is 31.4 Å². The molecular formula is C20H23N3O3. The van der Waals surface area contributed by atoms with Gasteiger partial charge in [0.1, 0.15) is 17.5 Å². The average molecular weight is 353 g/mol. The summed E-state index contributed by atoms with van der Waals surface area (Å²) in [6, 6.07) is 5.86. The molecule has 2 heterocycles. The first kappa shape index (κ1) is 16.8. The van der Waals surface area contributed by atoms with Crippen LogP contribution in [-0.2, 0) is 11.3 Å². The molecule has 1 aliphatic rings. The molecular weight excluding hydrogens is 330 g/mol. The van der Waals surface area contributed by atoms with E-state index in [2.05, 4.69) is 17.3 Å². The largest absolute Gasteiger partial charge is 0.422 e. The lowest BCUT2D eigenvalue weighted by Crippen LogP contribution is -2.42. The number of nitrogens with zero attached hydrogens (tertiary/aromatic N) is 2. The number of hydrogen-bond donors (Lipinski definition) is 1. The monoisotopic (exact) mass is 353 g/mol. The molecule has 0 radical (unpaired) electrons. The molecule has 4 rings (SSSR count). The summed E-state index contributed by atoms with van der Waals surface area (Å²) in [5, 5.41) is 8.63. The molecule has 1 saturated carbocycles. The molecule has 1 aliphatic carbocycles. The zero-order valence-corrected chi connectivity index (χ0v) is 15.1. The maximum Gasteiger partial charge on any atom is 0.347 e. The Balaban J connectivity index is 1.68. The van der Waals surface area contributed by atoms with Crippen LogP contribution in [0.15, 0.2) is 33.6 Å². The predicted molar refractivity (Wildman–Crippen MR) is 100 cm³/mol. The molecule has 2 atom stereocenters. The number of amides is 1. The number of nitrogens with one attached hydrogen (secondary N) is 1. The van der Waals surface area contributed by atoms with Crippen molar-refractivity contribution < 1.29 is 9.21 Å². The van der Waals surface area contributed by atoms with E-state index < -0.39 is 5.63 Å². The molecule has 136 valence electrons. The molecule has 6 nitrogen and oxygen atoms in total. The van der Waals surface area contributed by atoms with E-state index in [0.717, 1.165) is 30.2 Å². The number of aromatic nitrogens is 2. The molecule has 0 aliphatic heterocycles. The second kappa shape index (κ2) is 6.59. The summed E-state index contributed by atoms with van der Waals surface area (Å²) in [7, 11) is 0. The van der Waals surface area contributed by atoms with Gasteiger partial charge < -0.3 is 9.73 Å². The third-order valence-corrected chi connectivity index (χ3v) is 5.40. The lowest BCUT2D eigenvalue weighted by Gasteiger charge is -2.29. The first-order valence-electron chi connectivity index (χ1n) is 9.21. The maximum atomic E-state index is 12.6. The van der Waals surface area contributed by atoms with Gasteiger partial charge in [0.15, 0.2) is 0 Å². The van der Waals surface area contributed by atoms with Crippen molar-refractivity contribution in [3.8, 4) is 0 Å². The predicted octanol–water partition coefficient (Wildman–Crippen LogP) is 3.15. The van der Waals surface area contributed by atoms with Crippen molar-refractivity contribution in [2.75, 3.05) is 0 Å². The van der Waals surface area contributed by atoms with E-state index in [0.29, 0.717) is 22.4 Å². The van der Waals surface area contributed by atoms with Crippen molar-refractivity contribution in [1.29, 1.82) is 0 Å². The Hall–Kier alpha value is -2.63. The van der Waals surface area contributed by atoms with Gasteiger partial charge in [-0.15, -0.1) is 0 Å². The third kappa shape index (κ3) is 3.00. The number of carbonyl (C=O) groups excluding carboxylic acids is 1. The van der Waals surface area contributed by atoms with Gasteiger partial charge in [-0.2, -0.15) is 5.10 Å². The van der Waals surface area contributed by atoms with Crippen molar-refractivity contribution in [2.24, 2.45) is 5.92 Å². The number of rotatable bonds is 3. The third-order valence-electron chi connectivity index (χ3n) is 5.40. The molecule has 0 unspecified atom stereocenters. The van der Waals surface area contributed by atoms with Gasteiger partial charge >= 0.3 is 5.63 Å². The van der Waals surface area contributed by atoms with E-state index in [9.17, 15) is 9.59 Å². The summed E-state index contributed by atoms with van der Waals surface area (Å²) >= 11 is 0. The highest BCUT2D eigenvalue weighted by molar-refractivity contribution is 6.02. The minimum Gasteiger partial charge on any atom is -0.422 e. The molecule has 3 aromatic rings. The molecule has 0 saturated heterocycles. The van der Waals surface area contributed by atoms with Gasteiger partial charge in [-0.05, 0) is 37.8 Å². The number of aryl methyl sites for hydroxylation is 1. The minimum absolute atomic E-state index is 0.0669. The summed E-state index contributed by atoms with van der Waals surface area (Å²) in [6.45, 7) is 4.27. The fourth-order valence-corrected chi connectivity index (χ4v) is 3.93. The van der Waals surface area contributed by atoms with Gasteiger partial charge in [-0.25, -0.2) is 4.79 Å². The van der Waals surface area contributed by atoms with Crippen LogP contribution in [0.25, 0.3) is 21.9 Å². The summed E-state index contributed by atoms with van der Waals surface area (Å²) in [5.74, 6) is 0.431. The highest BCUT2D eigenvalue weighted by atomic mass is 16.4. The van der Waals surface area contributed by atoms with Crippen molar-refractivity contribution in [2.45, 2.75) is 52.1 Å². The zero-order chi connectivity index (χ0) is 18.3. The second-order valence-electron chi connectivity index (χ2n) is 7.39. The van der Waals surface area contributed by atoms with Crippen LogP contribution in [0.3, 0.4) is 0 Å². The van der Waals surface area contributed by atoms with Crippen LogP contribution in [-0.4, -0.2) is 21.7 Å². The van der Waals surface area contributed by atoms with Gasteiger partial charge in [-0.3, -0.25) is 9.48 Å². The Morgan fingerprint density at radius 3 is 2.92 bits per heavy atom. The molecule has 1 aromatic carbocycles. The van der Waals surface area contributed by atoms with E-state index in [1.165, 1.54) is 12.6 Å².